The number of nitrogens with zero attached hydrogens (tertiary/aromatic N) is 2. The van der Waals surface area contributed by atoms with Crippen molar-refractivity contribution >= 4 is 5.91 Å². The summed E-state index contributed by atoms with van der Waals surface area (Å²) in [6.07, 6.45) is 1.89. The van der Waals surface area contributed by atoms with Gasteiger partial charge in [-0.25, -0.2) is 0 Å². The van der Waals surface area contributed by atoms with Crippen molar-refractivity contribution in [2.24, 2.45) is 5.92 Å². The Bertz CT molecular complexity index is 877. The van der Waals surface area contributed by atoms with Crippen LogP contribution in [-0.4, -0.2) is 53.1 Å². The highest BCUT2D eigenvalue weighted by Gasteiger charge is 2.28. The summed E-state index contributed by atoms with van der Waals surface area (Å²) in [6.45, 7) is 8.04. The zero-order chi connectivity index (χ0) is 21.8. The van der Waals surface area contributed by atoms with Crippen LogP contribution in [0.5, 0.6) is 5.75 Å². The number of carbonyl (C=O) groups is 1. The molecule has 0 bridgehead atoms. The van der Waals surface area contributed by atoms with Crippen molar-refractivity contribution in [2.75, 3.05) is 26.2 Å². The van der Waals surface area contributed by atoms with E-state index in [2.05, 4.69) is 36.9 Å². The molecule has 166 valence electrons. The van der Waals surface area contributed by atoms with Crippen LogP contribution < -0.4 is 4.74 Å². The third kappa shape index (κ3) is 5.46. The van der Waals surface area contributed by atoms with Gasteiger partial charge in [0.05, 0.1) is 6.10 Å². The van der Waals surface area contributed by atoms with Gasteiger partial charge < -0.3 is 14.7 Å². The molecule has 0 aromatic heterocycles. The zero-order valence-corrected chi connectivity index (χ0v) is 18.7. The second-order valence-electron chi connectivity index (χ2n) is 9.10. The van der Waals surface area contributed by atoms with Crippen LogP contribution in [0.15, 0.2) is 48.5 Å². The summed E-state index contributed by atoms with van der Waals surface area (Å²) < 4.78 is 6.08. The maximum absolute atomic E-state index is 12.9. The maximum atomic E-state index is 12.9. The number of ether oxygens (including phenoxy) is 1. The van der Waals surface area contributed by atoms with Gasteiger partial charge in [-0.1, -0.05) is 48.0 Å². The van der Waals surface area contributed by atoms with Crippen LogP contribution >= 0.6 is 0 Å². The third-order valence-electron chi connectivity index (χ3n) is 6.58. The molecule has 1 fully saturated rings. The summed E-state index contributed by atoms with van der Waals surface area (Å²) in [5, 5.41) is 10.7. The molecule has 2 aliphatic rings. The first-order valence-electron chi connectivity index (χ1n) is 11.5. The van der Waals surface area contributed by atoms with Gasteiger partial charge in [0.2, 0.25) is 5.91 Å². The van der Waals surface area contributed by atoms with Gasteiger partial charge in [-0.05, 0) is 44.2 Å². The molecule has 1 amide bonds. The molecule has 5 nitrogen and oxygen atoms in total. The zero-order valence-electron chi connectivity index (χ0n) is 18.7. The molecule has 1 saturated heterocycles. The van der Waals surface area contributed by atoms with Gasteiger partial charge >= 0.3 is 0 Å². The lowest BCUT2D eigenvalue weighted by Crippen LogP contribution is -2.41. The summed E-state index contributed by atoms with van der Waals surface area (Å²) >= 11 is 0. The number of benzene rings is 2. The molecule has 2 aromatic carbocycles. The predicted molar refractivity (Wildman–Crippen MR) is 122 cm³/mol. The molecule has 1 N–H and O–H groups in total. The van der Waals surface area contributed by atoms with Crippen LogP contribution in [0.3, 0.4) is 0 Å². The highest BCUT2D eigenvalue weighted by atomic mass is 16.5. The van der Waals surface area contributed by atoms with Gasteiger partial charge in [-0.2, -0.15) is 0 Å². The fourth-order valence-electron chi connectivity index (χ4n) is 4.84. The SMILES string of the molecule is Cc1ccc2c(c1)CN(CCC(=O)N1CCC([C@H](O)c3ccccc3)CC1)C[C@H](C)O2. The number of aryl methyl sites for hydroxylation is 1. The molecule has 0 unspecified atom stereocenters. The molecule has 31 heavy (non-hydrogen) atoms. The quantitative estimate of drug-likeness (QED) is 0.793. The van der Waals surface area contributed by atoms with Gasteiger partial charge in [0.15, 0.2) is 0 Å². The van der Waals surface area contributed by atoms with Crippen molar-refractivity contribution in [3.05, 3.63) is 65.2 Å². The number of aliphatic hydroxyl groups excluding tert-OH is 1. The topological polar surface area (TPSA) is 53.0 Å². The number of aliphatic hydroxyl groups is 1. The number of hydrogen-bond acceptors (Lipinski definition) is 4. The monoisotopic (exact) mass is 422 g/mol. The second-order valence-corrected chi connectivity index (χ2v) is 9.10. The molecule has 0 spiro atoms. The minimum Gasteiger partial charge on any atom is -0.489 e. The van der Waals surface area contributed by atoms with Gasteiger partial charge in [0.1, 0.15) is 11.9 Å². The number of piperidine rings is 1. The Kier molecular flexibility index (Phi) is 6.93. The van der Waals surface area contributed by atoms with Crippen LogP contribution in [0.4, 0.5) is 0 Å². The van der Waals surface area contributed by atoms with Crippen LogP contribution in [-0.2, 0) is 11.3 Å². The number of carbonyl (C=O) groups excluding carboxylic acids is 1. The van der Waals surface area contributed by atoms with Crippen molar-refractivity contribution in [3.8, 4) is 5.75 Å². The minimum atomic E-state index is -0.444. The van der Waals surface area contributed by atoms with E-state index in [1.807, 2.05) is 35.2 Å². The lowest BCUT2D eigenvalue weighted by atomic mass is 9.87. The highest BCUT2D eigenvalue weighted by Crippen LogP contribution is 2.31. The molecule has 2 aliphatic heterocycles. The fourth-order valence-corrected chi connectivity index (χ4v) is 4.84. The third-order valence-corrected chi connectivity index (χ3v) is 6.58. The van der Waals surface area contributed by atoms with E-state index < -0.39 is 6.10 Å². The number of hydrogen-bond donors (Lipinski definition) is 1. The van der Waals surface area contributed by atoms with Crippen LogP contribution in [0, 0.1) is 12.8 Å². The summed E-state index contributed by atoms with van der Waals surface area (Å²) in [5.41, 5.74) is 3.40. The average molecular weight is 423 g/mol. The Hall–Kier alpha value is -2.37. The van der Waals surface area contributed by atoms with Crippen molar-refractivity contribution in [1.29, 1.82) is 0 Å². The Morgan fingerprint density at radius 3 is 2.65 bits per heavy atom. The molecular formula is C26H34N2O3. The molecule has 2 aromatic rings. The van der Waals surface area contributed by atoms with Crippen LogP contribution in [0.2, 0.25) is 0 Å². The first-order valence-corrected chi connectivity index (χ1v) is 11.5. The van der Waals surface area contributed by atoms with Gasteiger partial charge in [-0.15, -0.1) is 0 Å². The lowest BCUT2D eigenvalue weighted by molar-refractivity contribution is -0.133. The van der Waals surface area contributed by atoms with E-state index in [9.17, 15) is 9.90 Å². The van der Waals surface area contributed by atoms with Crippen molar-refractivity contribution in [2.45, 2.75) is 51.9 Å². The Morgan fingerprint density at radius 1 is 1.16 bits per heavy atom. The second kappa shape index (κ2) is 9.84. The Morgan fingerprint density at radius 2 is 1.90 bits per heavy atom. The van der Waals surface area contributed by atoms with E-state index >= 15 is 0 Å². The van der Waals surface area contributed by atoms with Crippen molar-refractivity contribution < 1.29 is 14.6 Å². The van der Waals surface area contributed by atoms with Gasteiger partial charge in [-0.3, -0.25) is 9.69 Å². The van der Waals surface area contributed by atoms with E-state index in [1.165, 1.54) is 11.1 Å². The normalized spacial score (nSPS) is 21.1. The Balaban J connectivity index is 1.27. The molecule has 0 saturated carbocycles. The predicted octanol–water partition coefficient (Wildman–Crippen LogP) is 3.94. The largest absolute Gasteiger partial charge is 0.489 e. The molecule has 5 heteroatoms. The fraction of sp³-hybridized carbons (Fsp3) is 0.500. The first-order chi connectivity index (χ1) is 15.0. The van der Waals surface area contributed by atoms with Crippen LogP contribution in [0.1, 0.15) is 49.0 Å². The summed E-state index contributed by atoms with van der Waals surface area (Å²) in [5.74, 6) is 1.40. The number of rotatable bonds is 5. The van der Waals surface area contributed by atoms with E-state index in [4.69, 9.17) is 4.74 Å². The van der Waals surface area contributed by atoms with E-state index in [1.54, 1.807) is 0 Å². The summed E-state index contributed by atoms with van der Waals surface area (Å²) in [7, 11) is 0. The summed E-state index contributed by atoms with van der Waals surface area (Å²) in [6, 6.07) is 16.2. The molecule has 2 atom stereocenters. The van der Waals surface area contributed by atoms with Gasteiger partial charge in [0.25, 0.3) is 0 Å². The molecule has 4 rings (SSSR count). The van der Waals surface area contributed by atoms with E-state index in [0.29, 0.717) is 6.42 Å². The highest BCUT2D eigenvalue weighted by molar-refractivity contribution is 5.76. The van der Waals surface area contributed by atoms with Crippen molar-refractivity contribution in [3.63, 3.8) is 0 Å². The molecular weight excluding hydrogens is 388 g/mol. The minimum absolute atomic E-state index is 0.106. The summed E-state index contributed by atoms with van der Waals surface area (Å²) in [4.78, 5) is 17.2. The molecule has 2 heterocycles. The lowest BCUT2D eigenvalue weighted by Gasteiger charge is -2.35. The van der Waals surface area contributed by atoms with Crippen LogP contribution in [0.25, 0.3) is 0 Å². The number of amides is 1. The van der Waals surface area contributed by atoms with Gasteiger partial charge in [0, 0.05) is 44.7 Å². The Labute approximate surface area is 185 Å². The maximum Gasteiger partial charge on any atom is 0.223 e. The van der Waals surface area contributed by atoms with E-state index in [-0.39, 0.29) is 17.9 Å². The molecule has 0 aliphatic carbocycles. The smallest absolute Gasteiger partial charge is 0.223 e. The standard InChI is InChI=1S/C26H34N2O3/c1-19-8-9-24-23(16-19)18-27(17-20(2)31-24)13-12-25(29)28-14-10-22(11-15-28)26(30)21-6-4-3-5-7-21/h3-9,16,20,22,26,30H,10-15,17-18H2,1-2H3/t20-,26+/m0/s1. The average Bonchev–Trinajstić information content (AvgIpc) is 2.95. The van der Waals surface area contributed by atoms with E-state index in [0.717, 1.165) is 56.9 Å². The first kappa shape index (κ1) is 21.8. The number of fused-ring (bicyclic) bond motifs is 1. The molecule has 0 radical (unpaired) electrons. The van der Waals surface area contributed by atoms with Crippen molar-refractivity contribution in [1.82, 2.24) is 9.80 Å². The number of likely N-dealkylation sites (tertiary alicyclic amines) is 1.